The molecule has 3 heterocycles. The molecule has 5 nitrogen and oxygen atoms in total. The van der Waals surface area contributed by atoms with Gasteiger partial charge < -0.3 is 20.1 Å². The molecule has 0 aliphatic carbocycles. The van der Waals surface area contributed by atoms with E-state index in [4.69, 9.17) is 4.74 Å². The van der Waals surface area contributed by atoms with E-state index < -0.39 is 0 Å². The van der Waals surface area contributed by atoms with Crippen LogP contribution in [-0.4, -0.2) is 42.2 Å². The number of halogens is 1. The molecule has 0 atom stereocenters. The van der Waals surface area contributed by atoms with Crippen LogP contribution < -0.4 is 5.32 Å². The van der Waals surface area contributed by atoms with Crippen molar-refractivity contribution in [2.24, 2.45) is 5.92 Å². The van der Waals surface area contributed by atoms with Crippen LogP contribution in [0.1, 0.15) is 35.1 Å². The van der Waals surface area contributed by atoms with Gasteiger partial charge in [-0.25, -0.2) is 4.39 Å². The van der Waals surface area contributed by atoms with E-state index in [1.165, 1.54) is 17.7 Å². The zero-order chi connectivity index (χ0) is 20.7. The van der Waals surface area contributed by atoms with Crippen molar-refractivity contribution >= 4 is 22.9 Å². The summed E-state index contributed by atoms with van der Waals surface area (Å²) in [7, 11) is 0. The summed E-state index contributed by atoms with van der Waals surface area (Å²) in [5.41, 5.74) is 4.79. The van der Waals surface area contributed by atoms with Crippen LogP contribution in [0.2, 0.25) is 0 Å². The highest BCUT2D eigenvalue weighted by molar-refractivity contribution is 6.36. The number of anilines is 1. The molecule has 156 valence electrons. The zero-order valence-corrected chi connectivity index (χ0v) is 16.8. The normalized spacial score (nSPS) is 21.3. The van der Waals surface area contributed by atoms with E-state index in [2.05, 4.69) is 22.3 Å². The number of carbonyl (C=O) groups is 1. The van der Waals surface area contributed by atoms with Gasteiger partial charge in [-0.1, -0.05) is 18.2 Å². The van der Waals surface area contributed by atoms with Gasteiger partial charge in [-0.3, -0.25) is 4.79 Å². The van der Waals surface area contributed by atoms with E-state index >= 15 is 0 Å². The molecule has 2 N–H and O–H groups in total. The average molecular weight is 408 g/mol. The van der Waals surface area contributed by atoms with Crippen LogP contribution in [0.3, 0.4) is 0 Å². The number of aliphatic hydroxyl groups is 1. The standard InChI is InChI=1S/C24H25FN2O3/c25-18-2-4-21-20(12-18)22(24(29)26-21)23-19-3-1-15(11-17(19)14-30-23)5-8-27-9-6-16(13-28)7-10-27/h1-4,11-12,16,28H,5-10,13-14H2,(H,26,29)/b23-22+. The van der Waals surface area contributed by atoms with Crippen LogP contribution >= 0.6 is 0 Å². The summed E-state index contributed by atoms with van der Waals surface area (Å²) in [6.45, 7) is 3.80. The third-order valence-corrected chi connectivity index (χ3v) is 6.42. The monoisotopic (exact) mass is 408 g/mol. The van der Waals surface area contributed by atoms with Crippen LogP contribution in [0.25, 0.3) is 11.3 Å². The number of rotatable bonds is 4. The molecule has 30 heavy (non-hydrogen) atoms. The van der Waals surface area contributed by atoms with E-state index in [1.54, 1.807) is 6.07 Å². The topological polar surface area (TPSA) is 61.8 Å². The van der Waals surface area contributed by atoms with E-state index in [0.29, 0.717) is 41.7 Å². The van der Waals surface area contributed by atoms with Crippen molar-refractivity contribution < 1.29 is 19.0 Å². The van der Waals surface area contributed by atoms with E-state index in [-0.39, 0.29) is 11.7 Å². The molecule has 2 aromatic rings. The first-order chi connectivity index (χ1) is 14.6. The third kappa shape index (κ3) is 3.50. The molecule has 0 bridgehead atoms. The summed E-state index contributed by atoms with van der Waals surface area (Å²) in [6.07, 6.45) is 3.09. The van der Waals surface area contributed by atoms with Crippen molar-refractivity contribution in [3.8, 4) is 0 Å². The first-order valence-corrected chi connectivity index (χ1v) is 10.6. The predicted octanol–water partition coefficient (Wildman–Crippen LogP) is 3.42. The van der Waals surface area contributed by atoms with Crippen LogP contribution in [0.15, 0.2) is 36.4 Å². The predicted molar refractivity (Wildman–Crippen MR) is 113 cm³/mol. The number of nitrogens with one attached hydrogen (secondary N) is 1. The summed E-state index contributed by atoms with van der Waals surface area (Å²) in [5, 5.41) is 12.1. The Morgan fingerprint density at radius 1 is 1.13 bits per heavy atom. The first kappa shape index (κ1) is 19.3. The lowest BCUT2D eigenvalue weighted by Crippen LogP contribution is -2.36. The van der Waals surface area contributed by atoms with Crippen molar-refractivity contribution in [2.75, 3.05) is 31.6 Å². The van der Waals surface area contributed by atoms with Gasteiger partial charge in [-0.2, -0.15) is 0 Å². The Balaban J connectivity index is 1.34. The maximum atomic E-state index is 13.8. The van der Waals surface area contributed by atoms with Crippen LogP contribution in [0.4, 0.5) is 10.1 Å². The number of amides is 1. The smallest absolute Gasteiger partial charge is 0.260 e. The van der Waals surface area contributed by atoms with E-state index in [1.807, 2.05) is 6.07 Å². The number of aliphatic hydroxyl groups excluding tert-OH is 1. The Morgan fingerprint density at radius 2 is 1.97 bits per heavy atom. The van der Waals surface area contributed by atoms with Gasteiger partial charge in [0.2, 0.25) is 0 Å². The Morgan fingerprint density at radius 3 is 2.77 bits per heavy atom. The minimum Gasteiger partial charge on any atom is -0.487 e. The second-order valence-corrected chi connectivity index (χ2v) is 8.35. The molecule has 6 heteroatoms. The number of carbonyl (C=O) groups excluding carboxylic acids is 1. The Bertz CT molecular complexity index is 1030. The summed E-state index contributed by atoms with van der Waals surface area (Å²) in [6, 6.07) is 10.6. The second-order valence-electron chi connectivity index (χ2n) is 8.35. The quantitative estimate of drug-likeness (QED) is 0.761. The van der Waals surface area contributed by atoms with Gasteiger partial charge in [0.25, 0.3) is 5.91 Å². The number of hydrogen-bond donors (Lipinski definition) is 2. The van der Waals surface area contributed by atoms with E-state index in [0.717, 1.165) is 50.0 Å². The van der Waals surface area contributed by atoms with Gasteiger partial charge in [-0.05, 0) is 62.0 Å². The van der Waals surface area contributed by atoms with Crippen LogP contribution in [-0.2, 0) is 22.6 Å². The van der Waals surface area contributed by atoms with E-state index in [9.17, 15) is 14.3 Å². The molecule has 0 aromatic heterocycles. The maximum Gasteiger partial charge on any atom is 0.260 e. The summed E-state index contributed by atoms with van der Waals surface area (Å²) in [4.78, 5) is 15.0. The second kappa shape index (κ2) is 7.85. The summed E-state index contributed by atoms with van der Waals surface area (Å²) < 4.78 is 19.7. The van der Waals surface area contributed by atoms with Crippen molar-refractivity contribution in [3.05, 3.63) is 64.5 Å². The average Bonchev–Trinajstić information content (AvgIpc) is 3.31. The lowest BCUT2D eigenvalue weighted by molar-refractivity contribution is -0.110. The largest absolute Gasteiger partial charge is 0.487 e. The molecule has 0 unspecified atom stereocenters. The third-order valence-electron chi connectivity index (χ3n) is 6.42. The van der Waals surface area contributed by atoms with Gasteiger partial charge in [0.1, 0.15) is 18.2 Å². The molecule has 5 rings (SSSR count). The van der Waals surface area contributed by atoms with Gasteiger partial charge >= 0.3 is 0 Å². The van der Waals surface area contributed by atoms with Crippen molar-refractivity contribution in [1.82, 2.24) is 4.90 Å². The minimum absolute atomic E-state index is 0.256. The van der Waals surface area contributed by atoms with Crippen LogP contribution in [0, 0.1) is 11.7 Å². The highest BCUT2D eigenvalue weighted by atomic mass is 19.1. The Kier molecular flexibility index (Phi) is 5.05. The number of likely N-dealkylation sites (tertiary alicyclic amines) is 1. The molecule has 0 spiro atoms. The zero-order valence-electron chi connectivity index (χ0n) is 16.8. The van der Waals surface area contributed by atoms with Crippen molar-refractivity contribution in [3.63, 3.8) is 0 Å². The fraction of sp³-hybridized carbons (Fsp3) is 0.375. The van der Waals surface area contributed by atoms with Crippen molar-refractivity contribution in [2.45, 2.75) is 25.9 Å². The Hall–Kier alpha value is -2.70. The fourth-order valence-corrected chi connectivity index (χ4v) is 4.62. The molecule has 1 saturated heterocycles. The fourth-order valence-electron chi connectivity index (χ4n) is 4.62. The maximum absolute atomic E-state index is 13.8. The van der Waals surface area contributed by atoms with Crippen molar-refractivity contribution in [1.29, 1.82) is 0 Å². The molecule has 0 saturated carbocycles. The molecule has 3 aliphatic rings. The Labute approximate surface area is 175 Å². The molecule has 0 radical (unpaired) electrons. The molecule has 2 aromatic carbocycles. The summed E-state index contributed by atoms with van der Waals surface area (Å²) >= 11 is 0. The van der Waals surface area contributed by atoms with Gasteiger partial charge in [0.15, 0.2) is 0 Å². The van der Waals surface area contributed by atoms with Gasteiger partial charge in [0.05, 0.1) is 5.57 Å². The molecule has 1 amide bonds. The lowest BCUT2D eigenvalue weighted by atomic mass is 9.96. The highest BCUT2D eigenvalue weighted by Crippen LogP contribution is 2.42. The molecular formula is C24H25FN2O3. The molecule has 1 fully saturated rings. The highest BCUT2D eigenvalue weighted by Gasteiger charge is 2.32. The van der Waals surface area contributed by atoms with Crippen LogP contribution in [0.5, 0.6) is 0 Å². The van der Waals surface area contributed by atoms with Gasteiger partial charge in [-0.15, -0.1) is 0 Å². The lowest BCUT2D eigenvalue weighted by Gasteiger charge is -2.31. The summed E-state index contributed by atoms with van der Waals surface area (Å²) in [5.74, 6) is 0.356. The number of benzene rings is 2. The molecule has 3 aliphatic heterocycles. The first-order valence-electron chi connectivity index (χ1n) is 10.6. The number of fused-ring (bicyclic) bond motifs is 2. The minimum atomic E-state index is -0.375. The number of ether oxygens (including phenoxy) is 1. The SMILES string of the molecule is O=C1Nc2ccc(F)cc2/C1=C1\OCc2cc(CCN3CCC(CO)CC3)ccc21. The number of hydrogen-bond acceptors (Lipinski definition) is 4. The molecular weight excluding hydrogens is 383 g/mol. The number of nitrogens with zero attached hydrogens (tertiary/aromatic N) is 1. The van der Waals surface area contributed by atoms with Gasteiger partial charge in [0, 0.05) is 35.5 Å². The number of piperidine rings is 1.